The third-order valence-corrected chi connectivity index (χ3v) is 7.78. The van der Waals surface area contributed by atoms with Gasteiger partial charge in [-0.25, -0.2) is 0 Å². The lowest BCUT2D eigenvalue weighted by Crippen LogP contribution is -2.51. The fourth-order valence-corrected chi connectivity index (χ4v) is 6.30. The summed E-state index contributed by atoms with van der Waals surface area (Å²) in [5.74, 6) is 0.649. The SMILES string of the molecule is CC(C)CN(CC(C)C)S(=O)(=O)N1CCC(C(=O)NC2CCCCCC2)CC1. The van der Waals surface area contributed by atoms with Crippen LogP contribution in [0.3, 0.4) is 0 Å². The summed E-state index contributed by atoms with van der Waals surface area (Å²) in [5.41, 5.74) is 0. The molecule has 1 aliphatic heterocycles. The fraction of sp³-hybridized carbons (Fsp3) is 0.952. The van der Waals surface area contributed by atoms with Crippen molar-refractivity contribution in [3.05, 3.63) is 0 Å². The summed E-state index contributed by atoms with van der Waals surface area (Å²) in [7, 11) is -3.46. The summed E-state index contributed by atoms with van der Waals surface area (Å²) in [5, 5.41) is 3.24. The van der Waals surface area contributed by atoms with Gasteiger partial charge in [0, 0.05) is 38.1 Å². The number of carbonyl (C=O) groups excluding carboxylic acids is 1. The van der Waals surface area contributed by atoms with Crippen LogP contribution < -0.4 is 5.32 Å². The summed E-state index contributed by atoms with van der Waals surface area (Å²) in [6.45, 7) is 10.2. The Hall–Kier alpha value is -0.660. The van der Waals surface area contributed by atoms with Gasteiger partial charge in [0.25, 0.3) is 10.2 Å². The van der Waals surface area contributed by atoms with Crippen molar-refractivity contribution >= 4 is 16.1 Å². The smallest absolute Gasteiger partial charge is 0.281 e. The maximum atomic E-state index is 13.1. The zero-order valence-corrected chi connectivity index (χ0v) is 19.1. The largest absolute Gasteiger partial charge is 0.353 e. The minimum atomic E-state index is -3.46. The number of carbonyl (C=O) groups is 1. The molecule has 1 N–H and O–H groups in total. The Morgan fingerprint density at radius 3 is 1.89 bits per heavy atom. The van der Waals surface area contributed by atoms with Gasteiger partial charge in [0.15, 0.2) is 0 Å². The summed E-state index contributed by atoms with van der Waals surface area (Å²) >= 11 is 0. The molecule has 2 aliphatic rings. The van der Waals surface area contributed by atoms with Crippen LogP contribution in [-0.2, 0) is 15.0 Å². The van der Waals surface area contributed by atoms with Crippen LogP contribution in [0, 0.1) is 17.8 Å². The van der Waals surface area contributed by atoms with Gasteiger partial charge in [0.05, 0.1) is 0 Å². The Morgan fingerprint density at radius 1 is 0.929 bits per heavy atom. The van der Waals surface area contributed by atoms with Crippen LogP contribution in [-0.4, -0.2) is 55.2 Å². The summed E-state index contributed by atoms with van der Waals surface area (Å²) in [6, 6.07) is 0.310. The molecule has 28 heavy (non-hydrogen) atoms. The first-order valence-electron chi connectivity index (χ1n) is 11.3. The molecule has 0 spiro atoms. The molecule has 1 amide bonds. The van der Waals surface area contributed by atoms with Crippen molar-refractivity contribution in [1.82, 2.24) is 13.9 Å². The van der Waals surface area contributed by atoms with Crippen LogP contribution in [0.1, 0.15) is 79.1 Å². The highest BCUT2D eigenvalue weighted by atomic mass is 32.2. The maximum absolute atomic E-state index is 13.1. The predicted molar refractivity (Wildman–Crippen MR) is 114 cm³/mol. The molecule has 0 aromatic carbocycles. The van der Waals surface area contributed by atoms with Gasteiger partial charge in [-0.1, -0.05) is 53.4 Å². The second-order valence-corrected chi connectivity index (χ2v) is 11.4. The van der Waals surface area contributed by atoms with E-state index in [0.29, 0.717) is 45.1 Å². The molecule has 0 unspecified atom stereocenters. The van der Waals surface area contributed by atoms with Crippen molar-refractivity contribution in [2.45, 2.75) is 85.1 Å². The van der Waals surface area contributed by atoms with E-state index >= 15 is 0 Å². The number of rotatable bonds is 8. The van der Waals surface area contributed by atoms with E-state index in [2.05, 4.69) is 5.32 Å². The molecule has 2 fully saturated rings. The molecule has 0 aromatic heterocycles. The molecule has 7 heteroatoms. The molecule has 1 saturated heterocycles. The normalized spacial score (nSPS) is 21.4. The third-order valence-electron chi connectivity index (χ3n) is 5.82. The highest BCUT2D eigenvalue weighted by molar-refractivity contribution is 7.86. The Morgan fingerprint density at radius 2 is 1.43 bits per heavy atom. The van der Waals surface area contributed by atoms with Gasteiger partial charge >= 0.3 is 0 Å². The number of nitrogens with zero attached hydrogens (tertiary/aromatic N) is 2. The molecule has 1 saturated carbocycles. The molecule has 0 radical (unpaired) electrons. The Labute approximate surface area is 172 Å². The third kappa shape index (κ3) is 6.99. The number of nitrogens with one attached hydrogen (secondary N) is 1. The first kappa shape index (κ1) is 23.6. The molecule has 2 rings (SSSR count). The van der Waals surface area contributed by atoms with Gasteiger partial charge < -0.3 is 5.32 Å². The number of hydrogen-bond acceptors (Lipinski definition) is 3. The zero-order chi connectivity index (χ0) is 20.7. The molecule has 1 heterocycles. The van der Waals surface area contributed by atoms with E-state index in [4.69, 9.17) is 0 Å². The van der Waals surface area contributed by atoms with Crippen LogP contribution >= 0.6 is 0 Å². The van der Waals surface area contributed by atoms with E-state index in [0.717, 1.165) is 12.8 Å². The molecular formula is C21H41N3O3S. The van der Waals surface area contributed by atoms with Gasteiger partial charge in [-0.2, -0.15) is 17.0 Å². The molecule has 0 aromatic rings. The van der Waals surface area contributed by atoms with Crippen LogP contribution in [0.4, 0.5) is 0 Å². The number of hydrogen-bond donors (Lipinski definition) is 1. The highest BCUT2D eigenvalue weighted by Gasteiger charge is 2.35. The van der Waals surface area contributed by atoms with Gasteiger partial charge in [-0.15, -0.1) is 0 Å². The van der Waals surface area contributed by atoms with Gasteiger partial charge in [0.2, 0.25) is 5.91 Å². The second-order valence-electron chi connectivity index (χ2n) is 9.48. The average Bonchev–Trinajstić information content (AvgIpc) is 2.89. The van der Waals surface area contributed by atoms with Crippen molar-refractivity contribution in [3.63, 3.8) is 0 Å². The molecular weight excluding hydrogens is 374 g/mol. The first-order chi connectivity index (χ1) is 13.2. The van der Waals surface area contributed by atoms with E-state index in [-0.39, 0.29) is 23.7 Å². The lowest BCUT2D eigenvalue weighted by atomic mass is 9.96. The van der Waals surface area contributed by atoms with Gasteiger partial charge in [-0.3, -0.25) is 4.79 Å². The lowest BCUT2D eigenvalue weighted by Gasteiger charge is -2.36. The van der Waals surface area contributed by atoms with Crippen LogP contribution in [0.15, 0.2) is 0 Å². The highest BCUT2D eigenvalue weighted by Crippen LogP contribution is 2.24. The molecule has 0 bridgehead atoms. The topological polar surface area (TPSA) is 69.7 Å². The van der Waals surface area contributed by atoms with Crippen molar-refractivity contribution in [1.29, 1.82) is 0 Å². The summed E-state index contributed by atoms with van der Waals surface area (Å²) < 4.78 is 29.5. The molecule has 164 valence electrons. The van der Waals surface area contributed by atoms with Crippen molar-refractivity contribution in [2.24, 2.45) is 17.8 Å². The minimum Gasteiger partial charge on any atom is -0.353 e. The number of amides is 1. The van der Waals surface area contributed by atoms with Gasteiger partial charge in [0.1, 0.15) is 0 Å². The van der Waals surface area contributed by atoms with Crippen molar-refractivity contribution in [3.8, 4) is 0 Å². The van der Waals surface area contributed by atoms with E-state index in [1.54, 1.807) is 8.61 Å². The summed E-state index contributed by atoms with van der Waals surface area (Å²) in [6.07, 6.45) is 8.34. The van der Waals surface area contributed by atoms with E-state index < -0.39 is 10.2 Å². The van der Waals surface area contributed by atoms with Crippen molar-refractivity contribution < 1.29 is 13.2 Å². The van der Waals surface area contributed by atoms with E-state index in [1.165, 1.54) is 25.7 Å². The van der Waals surface area contributed by atoms with Crippen molar-refractivity contribution in [2.75, 3.05) is 26.2 Å². The monoisotopic (exact) mass is 415 g/mol. The Balaban J connectivity index is 1.90. The average molecular weight is 416 g/mol. The lowest BCUT2D eigenvalue weighted by molar-refractivity contribution is -0.126. The van der Waals surface area contributed by atoms with Crippen LogP contribution in [0.5, 0.6) is 0 Å². The second kappa shape index (κ2) is 10.9. The maximum Gasteiger partial charge on any atom is 0.281 e. The zero-order valence-electron chi connectivity index (χ0n) is 18.3. The molecule has 6 nitrogen and oxygen atoms in total. The van der Waals surface area contributed by atoms with E-state index in [1.807, 2.05) is 27.7 Å². The van der Waals surface area contributed by atoms with Gasteiger partial charge in [-0.05, 0) is 37.5 Å². The Bertz CT molecular complexity index is 566. The van der Waals surface area contributed by atoms with E-state index in [9.17, 15) is 13.2 Å². The minimum absolute atomic E-state index is 0.0571. The summed E-state index contributed by atoms with van der Waals surface area (Å²) in [4.78, 5) is 12.7. The first-order valence-corrected chi connectivity index (χ1v) is 12.7. The fourth-order valence-electron chi connectivity index (χ4n) is 4.33. The molecule has 1 aliphatic carbocycles. The van der Waals surface area contributed by atoms with Crippen LogP contribution in [0.2, 0.25) is 0 Å². The molecule has 0 atom stereocenters. The standard InChI is InChI=1S/C21H41N3O3S/c1-17(2)15-24(16-18(3)4)28(26,27)23-13-11-19(12-14-23)21(25)22-20-9-7-5-6-8-10-20/h17-20H,5-16H2,1-4H3,(H,22,25). The van der Waals surface area contributed by atoms with Crippen LogP contribution in [0.25, 0.3) is 0 Å². The Kier molecular flexibility index (Phi) is 9.22. The predicted octanol–water partition coefficient (Wildman–Crippen LogP) is 3.40. The number of piperidine rings is 1. The quantitative estimate of drug-likeness (QED) is 0.618.